The smallest absolute Gasteiger partial charge is 0.0443 e. The number of rotatable bonds is 1. The highest BCUT2D eigenvalue weighted by Gasteiger charge is 2.09. The Hall–Kier alpha value is 0. The molecule has 0 nitrogen and oxygen atoms in total. The lowest BCUT2D eigenvalue weighted by Crippen LogP contribution is -2.04. The molecule has 11 heavy (non-hydrogen) atoms. The van der Waals surface area contributed by atoms with Gasteiger partial charge in [-0.3, -0.25) is 0 Å². The summed E-state index contributed by atoms with van der Waals surface area (Å²) in [6.07, 6.45) is 4.46. The Morgan fingerprint density at radius 3 is 1.18 bits per heavy atom. The SMILES string of the molecule is CC(C)C(C)C.CC1CCC1. The van der Waals surface area contributed by atoms with Crippen molar-refractivity contribution in [3.8, 4) is 0 Å². The Morgan fingerprint density at radius 2 is 1.18 bits per heavy atom. The van der Waals surface area contributed by atoms with Crippen LogP contribution < -0.4 is 0 Å². The van der Waals surface area contributed by atoms with Gasteiger partial charge in [-0.15, -0.1) is 0 Å². The first kappa shape index (κ1) is 11.0. The van der Waals surface area contributed by atoms with E-state index in [9.17, 15) is 0 Å². The highest BCUT2D eigenvalue weighted by Crippen LogP contribution is 2.24. The van der Waals surface area contributed by atoms with Gasteiger partial charge < -0.3 is 0 Å². The summed E-state index contributed by atoms with van der Waals surface area (Å²) >= 11 is 0. The summed E-state index contributed by atoms with van der Waals surface area (Å²) in [6.45, 7) is 11.3. The average Bonchev–Trinajstić information content (AvgIpc) is 1.85. The highest BCUT2D eigenvalue weighted by atomic mass is 14.1. The van der Waals surface area contributed by atoms with Crippen LogP contribution in [0.3, 0.4) is 0 Å². The van der Waals surface area contributed by atoms with E-state index in [0.29, 0.717) is 0 Å². The molecule has 1 fully saturated rings. The van der Waals surface area contributed by atoms with E-state index in [1.54, 1.807) is 0 Å². The molecule has 68 valence electrons. The predicted octanol–water partition coefficient (Wildman–Crippen LogP) is 4.10. The Morgan fingerprint density at radius 1 is 0.909 bits per heavy atom. The lowest BCUT2D eigenvalue weighted by atomic mass is 9.88. The summed E-state index contributed by atoms with van der Waals surface area (Å²) in [4.78, 5) is 0. The van der Waals surface area contributed by atoms with Crippen molar-refractivity contribution < 1.29 is 0 Å². The fourth-order valence-corrected chi connectivity index (χ4v) is 0.612. The van der Waals surface area contributed by atoms with Gasteiger partial charge in [-0.2, -0.15) is 0 Å². The Bertz CT molecular complexity index is 72.0. The predicted molar refractivity (Wildman–Crippen MR) is 52.7 cm³/mol. The molecule has 1 aliphatic carbocycles. The second-order valence-electron chi connectivity index (χ2n) is 4.52. The van der Waals surface area contributed by atoms with Crippen molar-refractivity contribution in [2.24, 2.45) is 17.8 Å². The molecule has 0 heterocycles. The zero-order chi connectivity index (χ0) is 8.85. The molecule has 1 saturated carbocycles. The van der Waals surface area contributed by atoms with Gasteiger partial charge in [-0.25, -0.2) is 0 Å². The summed E-state index contributed by atoms with van der Waals surface area (Å²) < 4.78 is 0. The van der Waals surface area contributed by atoms with Crippen LogP contribution in [0, 0.1) is 17.8 Å². The van der Waals surface area contributed by atoms with Crippen LogP contribution in [-0.2, 0) is 0 Å². The van der Waals surface area contributed by atoms with Gasteiger partial charge in [0.25, 0.3) is 0 Å². The van der Waals surface area contributed by atoms with Crippen molar-refractivity contribution in [2.45, 2.75) is 53.9 Å². The van der Waals surface area contributed by atoms with Crippen LogP contribution in [-0.4, -0.2) is 0 Å². The Balaban J connectivity index is 0.000000183. The average molecular weight is 156 g/mol. The first-order valence-electron chi connectivity index (χ1n) is 5.04. The molecule has 0 amide bonds. The van der Waals surface area contributed by atoms with Crippen LogP contribution in [0.1, 0.15) is 53.9 Å². The molecule has 0 spiro atoms. The lowest BCUT2D eigenvalue weighted by molar-refractivity contribution is 0.346. The molecule has 0 saturated heterocycles. The van der Waals surface area contributed by atoms with Gasteiger partial charge in [0, 0.05) is 0 Å². The van der Waals surface area contributed by atoms with Crippen LogP contribution >= 0.6 is 0 Å². The molecule has 0 aliphatic heterocycles. The van der Waals surface area contributed by atoms with Crippen molar-refractivity contribution >= 4 is 0 Å². The summed E-state index contributed by atoms with van der Waals surface area (Å²) in [6, 6.07) is 0. The Kier molecular flexibility index (Phi) is 5.62. The van der Waals surface area contributed by atoms with E-state index in [0.717, 1.165) is 17.8 Å². The first-order valence-corrected chi connectivity index (χ1v) is 5.04. The van der Waals surface area contributed by atoms with Crippen LogP contribution in [0.25, 0.3) is 0 Å². The van der Waals surface area contributed by atoms with Crippen LogP contribution in [0.5, 0.6) is 0 Å². The summed E-state index contributed by atoms with van der Waals surface area (Å²) in [5.74, 6) is 2.77. The van der Waals surface area contributed by atoms with Gasteiger partial charge in [-0.1, -0.05) is 53.9 Å². The van der Waals surface area contributed by atoms with Gasteiger partial charge in [0.1, 0.15) is 0 Å². The molecule has 1 rings (SSSR count). The molecule has 0 unspecified atom stereocenters. The van der Waals surface area contributed by atoms with Gasteiger partial charge in [0.15, 0.2) is 0 Å². The van der Waals surface area contributed by atoms with Crippen molar-refractivity contribution in [1.82, 2.24) is 0 Å². The second kappa shape index (κ2) is 5.62. The van der Waals surface area contributed by atoms with Crippen molar-refractivity contribution in [3.63, 3.8) is 0 Å². The first-order chi connectivity index (χ1) is 5.04. The third-order valence-electron chi connectivity index (χ3n) is 2.73. The fourth-order valence-electron chi connectivity index (χ4n) is 0.612. The number of hydrogen-bond donors (Lipinski definition) is 0. The molecular weight excluding hydrogens is 132 g/mol. The largest absolute Gasteiger partial charge is 0.0625 e. The van der Waals surface area contributed by atoms with Crippen LogP contribution in [0.4, 0.5) is 0 Å². The summed E-state index contributed by atoms with van der Waals surface area (Å²) in [7, 11) is 0. The van der Waals surface area contributed by atoms with E-state index in [-0.39, 0.29) is 0 Å². The van der Waals surface area contributed by atoms with E-state index < -0.39 is 0 Å². The van der Waals surface area contributed by atoms with E-state index in [2.05, 4.69) is 34.6 Å². The molecule has 0 bridgehead atoms. The van der Waals surface area contributed by atoms with E-state index in [1.165, 1.54) is 19.3 Å². The van der Waals surface area contributed by atoms with E-state index in [1.807, 2.05) is 0 Å². The highest BCUT2D eigenvalue weighted by molar-refractivity contribution is 4.62. The standard InChI is InChI=1S/C6H14.C5H10/c1-5(2)6(3)4;1-5-3-2-4-5/h5-6H,1-4H3;5H,2-4H2,1H3. The second-order valence-corrected chi connectivity index (χ2v) is 4.52. The van der Waals surface area contributed by atoms with Crippen LogP contribution in [0.2, 0.25) is 0 Å². The maximum atomic E-state index is 2.31. The molecule has 0 N–H and O–H groups in total. The monoisotopic (exact) mass is 156 g/mol. The minimum Gasteiger partial charge on any atom is -0.0625 e. The Labute approximate surface area is 72.4 Å². The molecule has 0 aromatic carbocycles. The topological polar surface area (TPSA) is 0 Å². The molecule has 0 radical (unpaired) electrons. The van der Waals surface area contributed by atoms with Gasteiger partial charge >= 0.3 is 0 Å². The van der Waals surface area contributed by atoms with Crippen molar-refractivity contribution in [1.29, 1.82) is 0 Å². The molecular formula is C11H24. The third-order valence-corrected chi connectivity index (χ3v) is 2.73. The zero-order valence-electron chi connectivity index (χ0n) is 8.85. The van der Waals surface area contributed by atoms with Crippen LogP contribution in [0.15, 0.2) is 0 Å². The van der Waals surface area contributed by atoms with E-state index in [4.69, 9.17) is 0 Å². The maximum Gasteiger partial charge on any atom is -0.0443 e. The van der Waals surface area contributed by atoms with Crippen molar-refractivity contribution in [3.05, 3.63) is 0 Å². The molecule has 0 atom stereocenters. The molecule has 0 aromatic rings. The molecule has 0 aromatic heterocycles. The molecule has 1 aliphatic rings. The van der Waals surface area contributed by atoms with Gasteiger partial charge in [0.2, 0.25) is 0 Å². The third kappa shape index (κ3) is 6.40. The van der Waals surface area contributed by atoms with Gasteiger partial charge in [0.05, 0.1) is 0 Å². The quantitative estimate of drug-likeness (QED) is 0.536. The summed E-state index contributed by atoms with van der Waals surface area (Å²) in [5.41, 5.74) is 0. The minimum atomic E-state index is 0.852. The van der Waals surface area contributed by atoms with E-state index >= 15 is 0 Å². The summed E-state index contributed by atoms with van der Waals surface area (Å²) in [5, 5.41) is 0. The minimum absolute atomic E-state index is 0.852. The lowest BCUT2D eigenvalue weighted by Gasteiger charge is -2.18. The van der Waals surface area contributed by atoms with Gasteiger partial charge in [-0.05, 0) is 17.8 Å². The fraction of sp³-hybridized carbons (Fsp3) is 1.00. The number of hydrogen-bond acceptors (Lipinski definition) is 0. The van der Waals surface area contributed by atoms with Crippen molar-refractivity contribution in [2.75, 3.05) is 0 Å². The maximum absolute atomic E-state index is 2.31. The zero-order valence-corrected chi connectivity index (χ0v) is 8.85. The normalized spacial score (nSPS) is 17.7. The molecule has 0 heteroatoms.